The van der Waals surface area contributed by atoms with Gasteiger partial charge in [-0.05, 0) is 31.4 Å². The van der Waals surface area contributed by atoms with Gasteiger partial charge in [0.15, 0.2) is 5.16 Å². The summed E-state index contributed by atoms with van der Waals surface area (Å²) < 4.78 is 1.88. The van der Waals surface area contributed by atoms with E-state index in [0.717, 1.165) is 23.0 Å². The van der Waals surface area contributed by atoms with Crippen LogP contribution in [-0.2, 0) is 18.3 Å². The first kappa shape index (κ1) is 16.5. The zero-order valence-electron chi connectivity index (χ0n) is 13.5. The van der Waals surface area contributed by atoms with E-state index < -0.39 is 0 Å². The van der Waals surface area contributed by atoms with Crippen LogP contribution in [0.1, 0.15) is 36.8 Å². The third-order valence-corrected chi connectivity index (χ3v) is 4.67. The molecule has 0 radical (unpaired) electrons. The lowest BCUT2D eigenvalue weighted by atomic mass is 10.1. The van der Waals surface area contributed by atoms with Gasteiger partial charge < -0.3 is 9.88 Å². The zero-order valence-corrected chi connectivity index (χ0v) is 14.3. The molecular weight excluding hydrogens is 296 g/mol. The van der Waals surface area contributed by atoms with E-state index in [9.17, 15) is 4.79 Å². The van der Waals surface area contributed by atoms with Crippen molar-refractivity contribution >= 4 is 17.7 Å². The average molecular weight is 318 g/mol. The Hall–Kier alpha value is -1.82. The Labute approximate surface area is 135 Å². The number of nitrogens with one attached hydrogen (secondary N) is 1. The van der Waals surface area contributed by atoms with Gasteiger partial charge in [-0.25, -0.2) is 0 Å². The summed E-state index contributed by atoms with van der Waals surface area (Å²) in [6.45, 7) is 6.01. The number of rotatable bonds is 6. The Bertz CT molecular complexity index is 636. The van der Waals surface area contributed by atoms with Gasteiger partial charge in [-0.3, -0.25) is 4.79 Å². The molecule has 1 N–H and O–H groups in total. The Morgan fingerprint density at radius 2 is 2.00 bits per heavy atom. The monoisotopic (exact) mass is 318 g/mol. The summed E-state index contributed by atoms with van der Waals surface area (Å²) in [5, 5.41) is 11.8. The fraction of sp³-hybridized carbons (Fsp3) is 0.438. The number of thioether (sulfide) groups is 1. The molecule has 1 atom stereocenters. The number of hydrogen-bond acceptors (Lipinski definition) is 4. The van der Waals surface area contributed by atoms with Crippen molar-refractivity contribution < 1.29 is 4.79 Å². The van der Waals surface area contributed by atoms with Gasteiger partial charge in [0.05, 0.1) is 11.8 Å². The van der Waals surface area contributed by atoms with E-state index in [1.54, 1.807) is 0 Å². The molecule has 0 aliphatic rings. The van der Waals surface area contributed by atoms with Gasteiger partial charge in [-0.15, -0.1) is 10.2 Å². The van der Waals surface area contributed by atoms with E-state index in [-0.39, 0.29) is 11.9 Å². The number of carbonyl (C=O) groups is 1. The molecule has 0 fully saturated rings. The van der Waals surface area contributed by atoms with Crippen molar-refractivity contribution in [2.45, 2.75) is 38.4 Å². The molecule has 0 bridgehead atoms. The van der Waals surface area contributed by atoms with Crippen molar-refractivity contribution in [1.29, 1.82) is 0 Å². The maximum atomic E-state index is 12.1. The van der Waals surface area contributed by atoms with Crippen LogP contribution in [0.25, 0.3) is 0 Å². The number of hydrogen-bond donors (Lipinski definition) is 1. The molecule has 5 nitrogen and oxygen atoms in total. The molecule has 0 saturated carbocycles. The molecule has 1 aromatic heterocycles. The molecular formula is C16H22N4OS. The molecule has 0 unspecified atom stereocenters. The third-order valence-electron chi connectivity index (χ3n) is 3.65. The minimum Gasteiger partial charge on any atom is -0.349 e. The maximum Gasteiger partial charge on any atom is 0.230 e. The van der Waals surface area contributed by atoms with Gasteiger partial charge in [0.1, 0.15) is 5.82 Å². The van der Waals surface area contributed by atoms with Gasteiger partial charge in [0, 0.05) is 7.05 Å². The summed E-state index contributed by atoms with van der Waals surface area (Å²) in [6.07, 6.45) is 1.02. The lowest BCUT2D eigenvalue weighted by Crippen LogP contribution is -2.28. The molecule has 1 heterocycles. The predicted octanol–water partition coefficient (Wildman–Crippen LogP) is 2.66. The molecule has 1 aromatic carbocycles. The number of carbonyl (C=O) groups excluding carboxylic acids is 1. The summed E-state index contributed by atoms with van der Waals surface area (Å²) in [5.74, 6) is 1.17. The molecule has 1 amide bonds. The van der Waals surface area contributed by atoms with Crippen LogP contribution in [-0.4, -0.2) is 26.4 Å². The number of aryl methyl sites for hydroxylation is 2. The Kier molecular flexibility index (Phi) is 5.60. The summed E-state index contributed by atoms with van der Waals surface area (Å²) in [4.78, 5) is 12.1. The minimum atomic E-state index is -0.00211. The van der Waals surface area contributed by atoms with Crippen LogP contribution in [0.3, 0.4) is 0 Å². The topological polar surface area (TPSA) is 59.8 Å². The van der Waals surface area contributed by atoms with E-state index in [4.69, 9.17) is 0 Å². The second-order valence-corrected chi connectivity index (χ2v) is 6.20. The quantitative estimate of drug-likeness (QED) is 0.832. The number of nitrogens with zero attached hydrogens (tertiary/aromatic N) is 3. The summed E-state index contributed by atoms with van der Waals surface area (Å²) in [7, 11) is 1.90. The molecule has 118 valence electrons. The first-order valence-corrected chi connectivity index (χ1v) is 8.36. The lowest BCUT2D eigenvalue weighted by molar-refractivity contribution is -0.119. The normalized spacial score (nSPS) is 12.2. The Balaban J connectivity index is 1.86. The number of benzene rings is 1. The fourth-order valence-electron chi connectivity index (χ4n) is 2.05. The van der Waals surface area contributed by atoms with Crippen molar-refractivity contribution in [3.8, 4) is 0 Å². The van der Waals surface area contributed by atoms with Gasteiger partial charge in [-0.1, -0.05) is 43.0 Å². The highest BCUT2D eigenvalue weighted by Gasteiger charge is 2.12. The van der Waals surface area contributed by atoms with E-state index in [2.05, 4.69) is 46.7 Å². The molecule has 2 rings (SSSR count). The van der Waals surface area contributed by atoms with Crippen molar-refractivity contribution in [3.05, 3.63) is 41.2 Å². The molecule has 0 aliphatic heterocycles. The van der Waals surface area contributed by atoms with Crippen LogP contribution in [0.2, 0.25) is 0 Å². The zero-order chi connectivity index (χ0) is 16.1. The maximum absolute atomic E-state index is 12.1. The van der Waals surface area contributed by atoms with Gasteiger partial charge in [0.25, 0.3) is 0 Å². The van der Waals surface area contributed by atoms with Gasteiger partial charge in [-0.2, -0.15) is 0 Å². The van der Waals surface area contributed by atoms with Crippen LogP contribution >= 0.6 is 11.8 Å². The molecule has 2 aromatic rings. The molecule has 6 heteroatoms. The van der Waals surface area contributed by atoms with Gasteiger partial charge >= 0.3 is 0 Å². The lowest BCUT2D eigenvalue weighted by Gasteiger charge is -2.14. The smallest absolute Gasteiger partial charge is 0.230 e. The van der Waals surface area contributed by atoms with Crippen LogP contribution in [0.5, 0.6) is 0 Å². The van der Waals surface area contributed by atoms with Crippen molar-refractivity contribution in [2.75, 3.05) is 5.75 Å². The second kappa shape index (κ2) is 7.45. The van der Waals surface area contributed by atoms with E-state index in [1.807, 2.05) is 25.5 Å². The second-order valence-electron chi connectivity index (χ2n) is 5.26. The van der Waals surface area contributed by atoms with Gasteiger partial charge in [0.2, 0.25) is 5.91 Å². The van der Waals surface area contributed by atoms with Crippen LogP contribution in [0, 0.1) is 6.92 Å². The Morgan fingerprint density at radius 3 is 2.55 bits per heavy atom. The highest BCUT2D eigenvalue weighted by atomic mass is 32.2. The summed E-state index contributed by atoms with van der Waals surface area (Å²) >= 11 is 1.40. The first-order chi connectivity index (χ1) is 10.5. The molecule has 0 spiro atoms. The third kappa shape index (κ3) is 4.10. The SMILES string of the molecule is CCc1ccc([C@H](C)NC(=O)CSc2nnc(C)n2C)cc1. The predicted molar refractivity (Wildman–Crippen MR) is 88.8 cm³/mol. The number of aromatic nitrogens is 3. The molecule has 0 aliphatic carbocycles. The fourth-order valence-corrected chi connectivity index (χ4v) is 2.82. The number of amides is 1. The van der Waals surface area contributed by atoms with Crippen LogP contribution < -0.4 is 5.32 Å². The van der Waals surface area contributed by atoms with E-state index in [1.165, 1.54) is 17.3 Å². The van der Waals surface area contributed by atoms with Crippen LogP contribution in [0.15, 0.2) is 29.4 Å². The average Bonchev–Trinajstić information content (AvgIpc) is 2.84. The van der Waals surface area contributed by atoms with E-state index >= 15 is 0 Å². The molecule has 22 heavy (non-hydrogen) atoms. The standard InChI is InChI=1S/C16H22N4OS/c1-5-13-6-8-14(9-7-13)11(2)17-15(21)10-22-16-19-18-12(3)20(16)4/h6-9,11H,5,10H2,1-4H3,(H,17,21)/t11-/m0/s1. The van der Waals surface area contributed by atoms with Crippen molar-refractivity contribution in [2.24, 2.45) is 7.05 Å². The summed E-state index contributed by atoms with van der Waals surface area (Å²) in [5.41, 5.74) is 2.42. The largest absolute Gasteiger partial charge is 0.349 e. The van der Waals surface area contributed by atoms with E-state index in [0.29, 0.717) is 5.75 Å². The Morgan fingerprint density at radius 1 is 1.32 bits per heavy atom. The molecule has 0 saturated heterocycles. The summed E-state index contributed by atoms with van der Waals surface area (Å²) in [6, 6.07) is 8.36. The van der Waals surface area contributed by atoms with Crippen molar-refractivity contribution in [1.82, 2.24) is 20.1 Å². The minimum absolute atomic E-state index is 0.000221. The highest BCUT2D eigenvalue weighted by Crippen LogP contribution is 2.17. The van der Waals surface area contributed by atoms with Crippen molar-refractivity contribution in [3.63, 3.8) is 0 Å². The first-order valence-electron chi connectivity index (χ1n) is 7.38. The highest BCUT2D eigenvalue weighted by molar-refractivity contribution is 7.99. The van der Waals surface area contributed by atoms with Crippen LogP contribution in [0.4, 0.5) is 0 Å².